The van der Waals surface area contributed by atoms with E-state index < -0.39 is 6.10 Å². The first-order valence-electron chi connectivity index (χ1n) is 7.03. The quantitative estimate of drug-likeness (QED) is 0.856. The average molecular weight is 313 g/mol. The lowest BCUT2D eigenvalue weighted by molar-refractivity contribution is -0.137. The number of aliphatic hydroxyl groups excluding tert-OH is 1. The topological polar surface area (TPSA) is 53.0 Å². The van der Waals surface area contributed by atoms with Crippen molar-refractivity contribution in [2.75, 3.05) is 46.4 Å². The van der Waals surface area contributed by atoms with Gasteiger partial charge < -0.3 is 14.7 Å². The van der Waals surface area contributed by atoms with E-state index >= 15 is 0 Å². The van der Waals surface area contributed by atoms with Gasteiger partial charge in [0.05, 0.1) is 19.3 Å². The number of amides is 1. The van der Waals surface area contributed by atoms with Gasteiger partial charge in [-0.25, -0.2) is 0 Å². The second-order valence-corrected chi connectivity index (χ2v) is 5.55. The zero-order valence-electron chi connectivity index (χ0n) is 12.2. The lowest BCUT2D eigenvalue weighted by Crippen LogP contribution is -2.51. The first-order valence-corrected chi connectivity index (χ1v) is 7.41. The molecular weight excluding hydrogens is 292 g/mol. The van der Waals surface area contributed by atoms with Gasteiger partial charge in [0.25, 0.3) is 0 Å². The van der Waals surface area contributed by atoms with Gasteiger partial charge in [-0.2, -0.15) is 0 Å². The third kappa shape index (κ3) is 4.41. The highest BCUT2D eigenvalue weighted by molar-refractivity contribution is 6.31. The number of benzene rings is 1. The number of aliphatic hydroxyl groups is 1. The van der Waals surface area contributed by atoms with Crippen LogP contribution in [0, 0.1) is 0 Å². The summed E-state index contributed by atoms with van der Waals surface area (Å²) in [4.78, 5) is 15.8. The number of carbonyl (C=O) groups excluding carboxylic acids is 1. The number of ether oxygens (including phenoxy) is 1. The summed E-state index contributed by atoms with van der Waals surface area (Å²) in [6, 6.07) is 7.24. The Morgan fingerprint density at radius 3 is 2.81 bits per heavy atom. The van der Waals surface area contributed by atoms with E-state index in [4.69, 9.17) is 16.3 Å². The molecule has 0 bridgehead atoms. The summed E-state index contributed by atoms with van der Waals surface area (Å²) >= 11 is 6.08. The molecule has 5 nitrogen and oxygen atoms in total. The van der Waals surface area contributed by atoms with Crippen LogP contribution in [0.15, 0.2) is 24.3 Å². The molecule has 1 aromatic rings. The molecule has 1 saturated heterocycles. The Kier molecular flexibility index (Phi) is 5.99. The van der Waals surface area contributed by atoms with E-state index in [9.17, 15) is 9.90 Å². The van der Waals surface area contributed by atoms with Crippen LogP contribution in [-0.2, 0) is 9.53 Å². The number of methoxy groups -OCH3 is 1. The Labute approximate surface area is 130 Å². The number of hydrogen-bond donors (Lipinski definition) is 1. The SMILES string of the molecule is COCCN1CCN(CC(O)c2ccccc2Cl)CC1=O. The molecule has 0 aromatic heterocycles. The van der Waals surface area contributed by atoms with Crippen LogP contribution in [0.1, 0.15) is 11.7 Å². The van der Waals surface area contributed by atoms with Gasteiger partial charge in [-0.15, -0.1) is 0 Å². The molecule has 0 spiro atoms. The summed E-state index contributed by atoms with van der Waals surface area (Å²) in [7, 11) is 1.63. The summed E-state index contributed by atoms with van der Waals surface area (Å²) in [5.41, 5.74) is 0.702. The molecular formula is C15H21ClN2O3. The van der Waals surface area contributed by atoms with Gasteiger partial charge in [-0.3, -0.25) is 9.69 Å². The third-order valence-corrected chi connectivity index (χ3v) is 4.00. The monoisotopic (exact) mass is 312 g/mol. The Morgan fingerprint density at radius 2 is 2.14 bits per heavy atom. The van der Waals surface area contributed by atoms with Crippen LogP contribution in [0.4, 0.5) is 0 Å². The summed E-state index contributed by atoms with van der Waals surface area (Å²) in [5.74, 6) is 0.0738. The first-order chi connectivity index (χ1) is 10.1. The number of carbonyl (C=O) groups is 1. The smallest absolute Gasteiger partial charge is 0.236 e. The Bertz CT molecular complexity index is 484. The fourth-order valence-corrected chi connectivity index (χ4v) is 2.70. The highest BCUT2D eigenvalue weighted by Gasteiger charge is 2.25. The summed E-state index contributed by atoms with van der Waals surface area (Å²) in [5, 5.41) is 10.8. The molecule has 1 aliphatic rings. The van der Waals surface area contributed by atoms with E-state index in [1.165, 1.54) is 0 Å². The van der Waals surface area contributed by atoms with E-state index in [0.29, 0.717) is 43.4 Å². The normalized spacial score (nSPS) is 18.0. The maximum absolute atomic E-state index is 12.0. The van der Waals surface area contributed by atoms with Gasteiger partial charge in [0.2, 0.25) is 5.91 Å². The van der Waals surface area contributed by atoms with Crippen molar-refractivity contribution in [2.45, 2.75) is 6.10 Å². The number of β-amino-alcohol motifs (C(OH)–C–C–N with tert-alkyl or cyclic N) is 1. The number of rotatable bonds is 6. The zero-order valence-corrected chi connectivity index (χ0v) is 12.9. The lowest BCUT2D eigenvalue weighted by Gasteiger charge is -2.35. The highest BCUT2D eigenvalue weighted by Crippen LogP contribution is 2.23. The van der Waals surface area contributed by atoms with E-state index in [0.717, 1.165) is 6.54 Å². The van der Waals surface area contributed by atoms with Crippen molar-refractivity contribution in [1.29, 1.82) is 0 Å². The predicted octanol–water partition coefficient (Wildman–Crippen LogP) is 1.16. The van der Waals surface area contributed by atoms with E-state index in [2.05, 4.69) is 0 Å². The van der Waals surface area contributed by atoms with Crippen LogP contribution in [-0.4, -0.2) is 67.3 Å². The molecule has 21 heavy (non-hydrogen) atoms. The molecule has 6 heteroatoms. The highest BCUT2D eigenvalue weighted by atomic mass is 35.5. The lowest BCUT2D eigenvalue weighted by atomic mass is 10.1. The first kappa shape index (κ1) is 16.2. The molecule has 2 rings (SSSR count). The predicted molar refractivity (Wildman–Crippen MR) is 81.3 cm³/mol. The molecule has 1 amide bonds. The molecule has 1 heterocycles. The Balaban J connectivity index is 1.88. The maximum atomic E-state index is 12.0. The van der Waals surface area contributed by atoms with Gasteiger partial charge in [0, 0.05) is 43.9 Å². The van der Waals surface area contributed by atoms with Crippen molar-refractivity contribution in [3.05, 3.63) is 34.9 Å². The van der Waals surface area contributed by atoms with Crippen LogP contribution >= 0.6 is 11.6 Å². The zero-order chi connectivity index (χ0) is 15.2. The van der Waals surface area contributed by atoms with Gasteiger partial charge in [-0.05, 0) is 6.07 Å². The number of hydrogen-bond acceptors (Lipinski definition) is 4. The van der Waals surface area contributed by atoms with E-state index in [-0.39, 0.29) is 5.91 Å². The molecule has 0 aliphatic carbocycles. The van der Waals surface area contributed by atoms with Crippen molar-refractivity contribution in [3.63, 3.8) is 0 Å². The van der Waals surface area contributed by atoms with Crippen LogP contribution in [0.25, 0.3) is 0 Å². The van der Waals surface area contributed by atoms with Crippen LogP contribution in [0.3, 0.4) is 0 Å². The Hall–Kier alpha value is -1.14. The maximum Gasteiger partial charge on any atom is 0.236 e. The minimum atomic E-state index is -0.683. The second kappa shape index (κ2) is 7.75. The summed E-state index contributed by atoms with van der Waals surface area (Å²) in [6.45, 7) is 3.32. The van der Waals surface area contributed by atoms with Gasteiger partial charge in [0.1, 0.15) is 0 Å². The molecule has 1 atom stereocenters. The molecule has 1 fully saturated rings. The van der Waals surface area contributed by atoms with Crippen molar-refractivity contribution >= 4 is 17.5 Å². The standard InChI is InChI=1S/C15H21ClN2O3/c1-21-9-8-18-7-6-17(11-15(18)20)10-14(19)12-4-2-3-5-13(12)16/h2-5,14,19H,6-11H2,1H3. The number of nitrogens with zero attached hydrogens (tertiary/aromatic N) is 2. The third-order valence-electron chi connectivity index (χ3n) is 3.66. The number of piperazine rings is 1. The van der Waals surface area contributed by atoms with Crippen LogP contribution in [0.5, 0.6) is 0 Å². The molecule has 1 aromatic carbocycles. The van der Waals surface area contributed by atoms with Crippen molar-refractivity contribution in [3.8, 4) is 0 Å². The van der Waals surface area contributed by atoms with Crippen LogP contribution in [0.2, 0.25) is 5.02 Å². The van der Waals surface area contributed by atoms with Crippen LogP contribution < -0.4 is 0 Å². The van der Waals surface area contributed by atoms with Gasteiger partial charge in [0.15, 0.2) is 0 Å². The molecule has 1 unspecified atom stereocenters. The summed E-state index contributed by atoms with van der Waals surface area (Å²) < 4.78 is 4.99. The molecule has 0 saturated carbocycles. The molecule has 1 aliphatic heterocycles. The van der Waals surface area contributed by atoms with Crippen molar-refractivity contribution in [1.82, 2.24) is 9.80 Å². The fraction of sp³-hybridized carbons (Fsp3) is 0.533. The van der Waals surface area contributed by atoms with Gasteiger partial charge >= 0.3 is 0 Å². The molecule has 0 radical (unpaired) electrons. The molecule has 1 N–H and O–H groups in total. The number of halogens is 1. The minimum absolute atomic E-state index is 0.0738. The largest absolute Gasteiger partial charge is 0.387 e. The second-order valence-electron chi connectivity index (χ2n) is 5.15. The average Bonchev–Trinajstić information content (AvgIpc) is 2.47. The van der Waals surface area contributed by atoms with Gasteiger partial charge in [-0.1, -0.05) is 29.8 Å². The van der Waals surface area contributed by atoms with Crippen molar-refractivity contribution in [2.24, 2.45) is 0 Å². The van der Waals surface area contributed by atoms with E-state index in [1.807, 2.05) is 23.1 Å². The fourth-order valence-electron chi connectivity index (χ4n) is 2.44. The van der Waals surface area contributed by atoms with E-state index in [1.54, 1.807) is 18.1 Å². The van der Waals surface area contributed by atoms with Crippen molar-refractivity contribution < 1.29 is 14.6 Å². The molecule has 116 valence electrons. The minimum Gasteiger partial charge on any atom is -0.387 e. The summed E-state index contributed by atoms with van der Waals surface area (Å²) in [6.07, 6.45) is -0.683. The Morgan fingerprint density at radius 1 is 1.38 bits per heavy atom.